The van der Waals surface area contributed by atoms with E-state index in [0.717, 1.165) is 11.1 Å². The molecule has 3 aromatic rings. The third kappa shape index (κ3) is 4.87. The highest BCUT2D eigenvalue weighted by atomic mass is 16.5. The lowest BCUT2D eigenvalue weighted by molar-refractivity contribution is -0.121. The second kappa shape index (κ2) is 9.21. The van der Waals surface area contributed by atoms with Crippen LogP contribution in [0.15, 0.2) is 66.9 Å². The normalized spacial score (nSPS) is 15.0. The van der Waals surface area contributed by atoms with Gasteiger partial charge in [0.1, 0.15) is 12.3 Å². The summed E-state index contributed by atoms with van der Waals surface area (Å²) in [4.78, 5) is 39.8. The van der Waals surface area contributed by atoms with E-state index in [-0.39, 0.29) is 37.1 Å². The summed E-state index contributed by atoms with van der Waals surface area (Å²) < 4.78 is 5.62. The second-order valence-corrected chi connectivity index (χ2v) is 9.04. The number of nitrogens with zero attached hydrogens (tertiary/aromatic N) is 1. The first-order valence-electron chi connectivity index (χ1n) is 11.5. The van der Waals surface area contributed by atoms with Crippen molar-refractivity contribution in [3.05, 3.63) is 89.2 Å². The molecule has 0 radical (unpaired) electrons. The molecule has 1 aromatic heterocycles. The second-order valence-electron chi connectivity index (χ2n) is 9.04. The van der Waals surface area contributed by atoms with Crippen LogP contribution in [0, 0.1) is 0 Å². The molecule has 2 aliphatic carbocycles. The van der Waals surface area contributed by atoms with Gasteiger partial charge in [0.15, 0.2) is 0 Å². The molecular weight excluding hydrogens is 446 g/mol. The largest absolute Gasteiger partial charge is 0.477 e. The van der Waals surface area contributed by atoms with Gasteiger partial charge in [-0.05, 0) is 46.7 Å². The van der Waals surface area contributed by atoms with Gasteiger partial charge in [0.2, 0.25) is 5.91 Å². The van der Waals surface area contributed by atoms with Gasteiger partial charge in [-0.2, -0.15) is 0 Å². The SMILES string of the molecule is O=C(CC1(NC(=O)OCC2c3ccccc3-c3ccccc32)CC1)NCc1ccc(C(=O)O)nc1. The standard InChI is InChI=1S/C27H25N3O5/c31-24(29-15-17-9-10-23(25(32)33)28-14-17)13-27(11-12-27)30-26(34)35-16-22-20-7-3-1-5-18(20)19-6-2-4-8-21(19)22/h1-10,14,22H,11-13,15-16H2,(H,29,31)(H,30,34)(H,32,33). The lowest BCUT2D eigenvalue weighted by Crippen LogP contribution is -2.41. The Morgan fingerprint density at radius 2 is 1.63 bits per heavy atom. The van der Waals surface area contributed by atoms with Crippen LogP contribution >= 0.6 is 0 Å². The van der Waals surface area contributed by atoms with Gasteiger partial charge in [-0.1, -0.05) is 54.6 Å². The summed E-state index contributed by atoms with van der Waals surface area (Å²) in [6.07, 6.45) is 2.47. The van der Waals surface area contributed by atoms with Crippen molar-refractivity contribution in [1.82, 2.24) is 15.6 Å². The zero-order valence-corrected chi connectivity index (χ0v) is 19.0. The maximum atomic E-state index is 12.6. The first-order valence-corrected chi connectivity index (χ1v) is 11.5. The average molecular weight is 472 g/mol. The third-order valence-corrected chi connectivity index (χ3v) is 6.60. The van der Waals surface area contributed by atoms with Crippen molar-refractivity contribution in [2.45, 2.75) is 37.3 Å². The first kappa shape index (κ1) is 22.6. The monoisotopic (exact) mass is 471 g/mol. The molecule has 0 atom stereocenters. The Kier molecular flexibility index (Phi) is 5.94. The molecule has 0 bridgehead atoms. The van der Waals surface area contributed by atoms with Crippen molar-refractivity contribution in [2.75, 3.05) is 6.61 Å². The summed E-state index contributed by atoms with van der Waals surface area (Å²) in [6, 6.07) is 19.3. The molecular formula is C27H25N3O5. The van der Waals surface area contributed by atoms with Crippen molar-refractivity contribution >= 4 is 18.0 Å². The summed E-state index contributed by atoms with van der Waals surface area (Å²) in [7, 11) is 0. The third-order valence-electron chi connectivity index (χ3n) is 6.60. The number of alkyl carbamates (subject to hydrolysis) is 1. The Morgan fingerprint density at radius 1 is 0.971 bits per heavy atom. The van der Waals surface area contributed by atoms with Crippen LogP contribution in [-0.4, -0.2) is 40.2 Å². The van der Waals surface area contributed by atoms with E-state index in [4.69, 9.17) is 9.84 Å². The minimum Gasteiger partial charge on any atom is -0.477 e. The quantitative estimate of drug-likeness (QED) is 0.459. The Morgan fingerprint density at radius 3 is 2.20 bits per heavy atom. The topological polar surface area (TPSA) is 118 Å². The van der Waals surface area contributed by atoms with Gasteiger partial charge in [0, 0.05) is 25.1 Å². The van der Waals surface area contributed by atoms with Crippen LogP contribution < -0.4 is 10.6 Å². The van der Waals surface area contributed by atoms with Gasteiger partial charge < -0.3 is 20.5 Å². The van der Waals surface area contributed by atoms with Crippen LogP contribution in [0.1, 0.15) is 52.4 Å². The maximum absolute atomic E-state index is 12.6. The highest BCUT2D eigenvalue weighted by Gasteiger charge is 2.46. The average Bonchev–Trinajstić information content (AvgIpc) is 3.53. The Hall–Kier alpha value is -4.20. The number of hydrogen-bond donors (Lipinski definition) is 3. The van der Waals surface area contributed by atoms with E-state index < -0.39 is 17.6 Å². The molecule has 0 aliphatic heterocycles. The summed E-state index contributed by atoms with van der Waals surface area (Å²) in [5.74, 6) is -1.33. The van der Waals surface area contributed by atoms with Crippen molar-refractivity contribution in [3.8, 4) is 11.1 Å². The minimum absolute atomic E-state index is 0.0206. The van der Waals surface area contributed by atoms with Gasteiger partial charge >= 0.3 is 12.1 Å². The van der Waals surface area contributed by atoms with Crippen molar-refractivity contribution in [2.24, 2.45) is 0 Å². The molecule has 3 N–H and O–H groups in total. The van der Waals surface area contributed by atoms with E-state index in [0.29, 0.717) is 18.4 Å². The number of carboxylic acid groups (broad SMARTS) is 1. The Balaban J connectivity index is 1.13. The smallest absolute Gasteiger partial charge is 0.407 e. The van der Waals surface area contributed by atoms with Crippen molar-refractivity contribution in [3.63, 3.8) is 0 Å². The highest BCUT2D eigenvalue weighted by molar-refractivity contribution is 5.85. The molecule has 5 rings (SSSR count). The number of hydrogen-bond acceptors (Lipinski definition) is 5. The molecule has 0 unspecified atom stereocenters. The molecule has 1 fully saturated rings. The number of carboxylic acids is 1. The lowest BCUT2D eigenvalue weighted by Gasteiger charge is -2.19. The zero-order chi connectivity index (χ0) is 24.4. The molecule has 2 aliphatic rings. The number of aromatic carboxylic acids is 1. The van der Waals surface area contributed by atoms with Crippen molar-refractivity contribution < 1.29 is 24.2 Å². The Labute approximate surface area is 202 Å². The fraction of sp³-hybridized carbons (Fsp3) is 0.259. The number of benzene rings is 2. The molecule has 0 spiro atoms. The van der Waals surface area contributed by atoms with Gasteiger partial charge in [0.25, 0.3) is 0 Å². The van der Waals surface area contributed by atoms with Gasteiger partial charge in [-0.25, -0.2) is 14.6 Å². The Bertz CT molecular complexity index is 1240. The number of carbonyl (C=O) groups excluding carboxylic acids is 2. The predicted molar refractivity (Wildman–Crippen MR) is 128 cm³/mol. The minimum atomic E-state index is -1.10. The van der Waals surface area contributed by atoms with Crippen LogP contribution in [0.5, 0.6) is 0 Å². The number of pyridine rings is 1. The molecule has 2 aromatic carbocycles. The van der Waals surface area contributed by atoms with Crippen LogP contribution in [0.4, 0.5) is 4.79 Å². The molecule has 1 saturated carbocycles. The number of amides is 2. The van der Waals surface area contributed by atoms with Crippen LogP contribution in [0.3, 0.4) is 0 Å². The number of fused-ring (bicyclic) bond motifs is 3. The molecule has 35 heavy (non-hydrogen) atoms. The van der Waals surface area contributed by atoms with Gasteiger partial charge in [0.05, 0.1) is 5.54 Å². The summed E-state index contributed by atoms with van der Waals surface area (Å²) in [5.41, 5.74) is 4.68. The fourth-order valence-corrected chi connectivity index (χ4v) is 4.57. The van der Waals surface area contributed by atoms with E-state index in [1.165, 1.54) is 23.4 Å². The van der Waals surface area contributed by atoms with Gasteiger partial charge in [-0.3, -0.25) is 4.79 Å². The zero-order valence-electron chi connectivity index (χ0n) is 19.0. The molecule has 8 nitrogen and oxygen atoms in total. The lowest BCUT2D eigenvalue weighted by atomic mass is 9.98. The number of ether oxygens (including phenoxy) is 1. The first-order chi connectivity index (χ1) is 16.9. The van der Waals surface area contributed by atoms with Crippen LogP contribution in [-0.2, 0) is 16.1 Å². The van der Waals surface area contributed by atoms with Crippen LogP contribution in [0.25, 0.3) is 11.1 Å². The van der Waals surface area contributed by atoms with E-state index in [1.807, 2.05) is 24.3 Å². The highest BCUT2D eigenvalue weighted by Crippen LogP contribution is 2.44. The molecule has 8 heteroatoms. The molecule has 0 saturated heterocycles. The summed E-state index contributed by atoms with van der Waals surface area (Å²) in [5, 5.41) is 14.6. The van der Waals surface area contributed by atoms with Gasteiger partial charge in [-0.15, -0.1) is 0 Å². The number of rotatable bonds is 8. The summed E-state index contributed by atoms with van der Waals surface area (Å²) in [6.45, 7) is 0.453. The fourth-order valence-electron chi connectivity index (χ4n) is 4.57. The van der Waals surface area contributed by atoms with E-state index >= 15 is 0 Å². The predicted octanol–water partition coefficient (Wildman–Crippen LogP) is 3.86. The molecule has 178 valence electrons. The van der Waals surface area contributed by atoms with E-state index in [2.05, 4.69) is 39.9 Å². The van der Waals surface area contributed by atoms with E-state index in [1.54, 1.807) is 6.07 Å². The summed E-state index contributed by atoms with van der Waals surface area (Å²) >= 11 is 0. The number of nitrogens with one attached hydrogen (secondary N) is 2. The maximum Gasteiger partial charge on any atom is 0.407 e. The van der Waals surface area contributed by atoms with Crippen LogP contribution in [0.2, 0.25) is 0 Å². The number of carbonyl (C=O) groups is 3. The van der Waals surface area contributed by atoms with Crippen molar-refractivity contribution in [1.29, 1.82) is 0 Å². The number of aromatic nitrogens is 1. The van der Waals surface area contributed by atoms with E-state index in [9.17, 15) is 14.4 Å². The molecule has 1 heterocycles. The molecule has 2 amide bonds.